The van der Waals surface area contributed by atoms with E-state index < -0.39 is 0 Å². The Kier molecular flexibility index (Phi) is 3.33. The molecular weight excluding hydrogens is 280 g/mol. The molecule has 0 aliphatic heterocycles. The number of nitrogens with one attached hydrogen (secondary N) is 1. The van der Waals surface area contributed by atoms with Gasteiger partial charge in [-0.1, -0.05) is 15.9 Å². The molecule has 0 unspecified atom stereocenters. The number of nitrogens with zero attached hydrogens (tertiary/aromatic N) is 1. The monoisotopic (exact) mass is 292 g/mol. The largest absolute Gasteiger partial charge is 0.347 e. The van der Waals surface area contributed by atoms with E-state index in [9.17, 15) is 4.79 Å². The Morgan fingerprint density at radius 2 is 2.12 bits per heavy atom. The maximum absolute atomic E-state index is 12.0. The van der Waals surface area contributed by atoms with Gasteiger partial charge in [-0.05, 0) is 42.8 Å². The van der Waals surface area contributed by atoms with Crippen molar-refractivity contribution in [2.75, 3.05) is 5.32 Å². The van der Waals surface area contributed by atoms with Gasteiger partial charge in [0.25, 0.3) is 5.91 Å². The van der Waals surface area contributed by atoms with Gasteiger partial charge < -0.3 is 9.88 Å². The third-order valence-corrected chi connectivity index (χ3v) is 2.93. The predicted molar refractivity (Wildman–Crippen MR) is 72.2 cm³/mol. The van der Waals surface area contributed by atoms with Crippen LogP contribution >= 0.6 is 15.9 Å². The second-order valence-corrected chi connectivity index (χ2v) is 4.89. The minimum Gasteiger partial charge on any atom is -0.347 e. The second kappa shape index (κ2) is 4.75. The molecule has 3 nitrogen and oxygen atoms in total. The van der Waals surface area contributed by atoms with Crippen molar-refractivity contribution in [3.8, 4) is 0 Å². The Morgan fingerprint density at radius 3 is 2.71 bits per heavy atom. The topological polar surface area (TPSA) is 34.0 Å². The molecule has 0 radical (unpaired) electrons. The van der Waals surface area contributed by atoms with Crippen LogP contribution in [0.5, 0.6) is 0 Å². The first-order valence-electron chi connectivity index (χ1n) is 5.26. The molecule has 0 saturated heterocycles. The van der Waals surface area contributed by atoms with Crippen LogP contribution in [0, 0.1) is 6.92 Å². The molecule has 4 heteroatoms. The van der Waals surface area contributed by atoms with E-state index in [1.165, 1.54) is 0 Å². The molecule has 1 aromatic heterocycles. The summed E-state index contributed by atoms with van der Waals surface area (Å²) >= 11 is 3.41. The number of hydrogen-bond acceptors (Lipinski definition) is 1. The number of carbonyl (C=O) groups is 1. The zero-order valence-electron chi connectivity index (χ0n) is 9.70. The van der Waals surface area contributed by atoms with Crippen LogP contribution in [0.15, 0.2) is 41.0 Å². The molecule has 1 heterocycles. The van der Waals surface area contributed by atoms with E-state index in [0.717, 1.165) is 15.7 Å². The van der Waals surface area contributed by atoms with Gasteiger partial charge in [-0.3, -0.25) is 4.79 Å². The van der Waals surface area contributed by atoms with Gasteiger partial charge in [0.2, 0.25) is 0 Å². The molecule has 17 heavy (non-hydrogen) atoms. The number of carbonyl (C=O) groups excluding carboxylic acids is 1. The highest BCUT2D eigenvalue weighted by Crippen LogP contribution is 2.19. The zero-order valence-corrected chi connectivity index (χ0v) is 11.3. The molecule has 0 spiro atoms. The minimum absolute atomic E-state index is 0.102. The molecular formula is C13H13BrN2O. The molecule has 0 saturated carbocycles. The average molecular weight is 293 g/mol. The first-order chi connectivity index (χ1) is 8.06. The molecule has 1 N–H and O–H groups in total. The van der Waals surface area contributed by atoms with Crippen molar-refractivity contribution < 1.29 is 4.79 Å². The van der Waals surface area contributed by atoms with Gasteiger partial charge >= 0.3 is 0 Å². The van der Waals surface area contributed by atoms with Crippen molar-refractivity contribution in [2.24, 2.45) is 7.05 Å². The summed E-state index contributed by atoms with van der Waals surface area (Å²) in [6.07, 6.45) is 1.85. The lowest BCUT2D eigenvalue weighted by Crippen LogP contribution is -2.15. The summed E-state index contributed by atoms with van der Waals surface area (Å²) in [5.74, 6) is -0.102. The number of benzene rings is 1. The molecule has 0 aliphatic carbocycles. The summed E-state index contributed by atoms with van der Waals surface area (Å²) in [6.45, 7) is 1.99. The van der Waals surface area contributed by atoms with Gasteiger partial charge in [0.05, 0.1) is 0 Å². The number of rotatable bonds is 2. The predicted octanol–water partition coefficient (Wildman–Crippen LogP) is 3.35. The van der Waals surface area contributed by atoms with Crippen molar-refractivity contribution in [3.63, 3.8) is 0 Å². The van der Waals surface area contributed by atoms with Gasteiger partial charge in [0.1, 0.15) is 5.69 Å². The molecule has 0 atom stereocenters. The maximum Gasteiger partial charge on any atom is 0.272 e. The molecule has 2 rings (SSSR count). The van der Waals surface area contributed by atoms with Crippen LogP contribution in [0.25, 0.3) is 0 Å². The fourth-order valence-electron chi connectivity index (χ4n) is 1.70. The number of halogens is 1. The smallest absolute Gasteiger partial charge is 0.272 e. The summed E-state index contributed by atoms with van der Waals surface area (Å²) in [7, 11) is 1.85. The van der Waals surface area contributed by atoms with E-state index in [4.69, 9.17) is 0 Å². The van der Waals surface area contributed by atoms with Gasteiger partial charge in [0, 0.05) is 23.4 Å². The molecule has 2 aromatic rings. The zero-order chi connectivity index (χ0) is 12.4. The van der Waals surface area contributed by atoms with Crippen molar-refractivity contribution >= 4 is 27.5 Å². The van der Waals surface area contributed by atoms with Gasteiger partial charge in [-0.25, -0.2) is 0 Å². The average Bonchev–Trinajstić information content (AvgIpc) is 2.62. The van der Waals surface area contributed by atoms with Crippen molar-refractivity contribution in [1.82, 2.24) is 4.57 Å². The first kappa shape index (κ1) is 11.9. The summed E-state index contributed by atoms with van der Waals surface area (Å²) in [6, 6.07) is 9.46. The highest BCUT2D eigenvalue weighted by Gasteiger charge is 2.09. The second-order valence-electron chi connectivity index (χ2n) is 3.98. The first-order valence-corrected chi connectivity index (χ1v) is 6.05. The number of hydrogen-bond donors (Lipinski definition) is 1. The van der Waals surface area contributed by atoms with Crippen LogP contribution in [-0.2, 0) is 7.05 Å². The lowest BCUT2D eigenvalue weighted by Gasteiger charge is -2.07. The van der Waals surface area contributed by atoms with Crippen LogP contribution in [0.3, 0.4) is 0 Å². The number of anilines is 1. The van der Waals surface area contributed by atoms with Gasteiger partial charge in [-0.2, -0.15) is 0 Å². The van der Waals surface area contributed by atoms with Crippen molar-refractivity contribution in [2.45, 2.75) is 6.92 Å². The molecule has 1 amide bonds. The Morgan fingerprint density at radius 1 is 1.35 bits per heavy atom. The van der Waals surface area contributed by atoms with Crippen LogP contribution < -0.4 is 5.32 Å². The Balaban J connectivity index is 2.21. The SMILES string of the molecule is Cc1cc(Br)cc(NC(=O)c2cccn2C)c1. The highest BCUT2D eigenvalue weighted by molar-refractivity contribution is 9.10. The van der Waals surface area contributed by atoms with Crippen LogP contribution in [0.1, 0.15) is 16.1 Å². The highest BCUT2D eigenvalue weighted by atomic mass is 79.9. The quantitative estimate of drug-likeness (QED) is 0.905. The molecule has 88 valence electrons. The number of aromatic nitrogens is 1. The molecule has 0 bridgehead atoms. The standard InChI is InChI=1S/C13H13BrN2O/c1-9-6-10(14)8-11(7-9)15-13(17)12-4-3-5-16(12)2/h3-8H,1-2H3,(H,15,17). The summed E-state index contributed by atoms with van der Waals surface area (Å²) in [4.78, 5) is 12.0. The summed E-state index contributed by atoms with van der Waals surface area (Å²) < 4.78 is 2.75. The molecule has 1 aromatic carbocycles. The normalized spacial score (nSPS) is 10.3. The third kappa shape index (κ3) is 2.77. The Hall–Kier alpha value is -1.55. The number of amides is 1. The van der Waals surface area contributed by atoms with E-state index >= 15 is 0 Å². The lowest BCUT2D eigenvalue weighted by atomic mass is 10.2. The maximum atomic E-state index is 12.0. The van der Waals surface area contributed by atoms with E-state index in [1.54, 1.807) is 10.6 Å². The van der Waals surface area contributed by atoms with Crippen molar-refractivity contribution in [3.05, 3.63) is 52.3 Å². The third-order valence-electron chi connectivity index (χ3n) is 2.48. The lowest BCUT2D eigenvalue weighted by molar-refractivity contribution is 0.101. The van der Waals surface area contributed by atoms with Crippen LogP contribution in [0.4, 0.5) is 5.69 Å². The Labute approximate surface area is 109 Å². The summed E-state index contributed by atoms with van der Waals surface area (Å²) in [5, 5.41) is 2.88. The Bertz CT molecular complexity index is 540. The minimum atomic E-state index is -0.102. The van der Waals surface area contributed by atoms with E-state index in [-0.39, 0.29) is 5.91 Å². The van der Waals surface area contributed by atoms with Crippen LogP contribution in [-0.4, -0.2) is 10.5 Å². The van der Waals surface area contributed by atoms with E-state index in [1.807, 2.05) is 44.4 Å². The van der Waals surface area contributed by atoms with E-state index in [0.29, 0.717) is 5.69 Å². The van der Waals surface area contributed by atoms with Gasteiger partial charge in [0.15, 0.2) is 0 Å². The summed E-state index contributed by atoms with van der Waals surface area (Å²) in [5.41, 5.74) is 2.53. The fraction of sp³-hybridized carbons (Fsp3) is 0.154. The van der Waals surface area contributed by atoms with Crippen molar-refractivity contribution in [1.29, 1.82) is 0 Å². The number of aryl methyl sites for hydroxylation is 2. The molecule has 0 fully saturated rings. The fourth-order valence-corrected chi connectivity index (χ4v) is 2.31. The van der Waals surface area contributed by atoms with Crippen LogP contribution in [0.2, 0.25) is 0 Å². The van der Waals surface area contributed by atoms with Gasteiger partial charge in [-0.15, -0.1) is 0 Å². The molecule has 0 aliphatic rings. The van der Waals surface area contributed by atoms with E-state index in [2.05, 4.69) is 21.2 Å².